The number of oxime groups is 1. The molecule has 1 rings (SSSR count). The maximum absolute atomic E-state index is 5.37. The fourth-order valence-corrected chi connectivity index (χ4v) is 1.44. The van der Waals surface area contributed by atoms with Gasteiger partial charge >= 0.3 is 0 Å². The molecule has 0 radical (unpaired) electrons. The first kappa shape index (κ1) is 8.53. The van der Waals surface area contributed by atoms with Gasteiger partial charge in [-0.15, -0.1) is 0 Å². The number of nitrogens with zero attached hydrogens (tertiary/aromatic N) is 1. The normalized spacial score (nSPS) is 29.9. The largest absolute Gasteiger partial charge is 0.388 e. The van der Waals surface area contributed by atoms with Crippen molar-refractivity contribution in [1.29, 1.82) is 0 Å². The number of hydrogen-bond acceptors (Lipinski definition) is 3. The van der Waals surface area contributed by atoms with E-state index in [0.29, 0.717) is 0 Å². The highest BCUT2D eigenvalue weighted by Crippen LogP contribution is 2.26. The minimum Gasteiger partial charge on any atom is -0.388 e. The zero-order valence-electron chi connectivity index (χ0n) is 7.48. The van der Waals surface area contributed by atoms with E-state index < -0.39 is 0 Å². The van der Waals surface area contributed by atoms with Crippen LogP contribution in [0.1, 0.15) is 26.7 Å². The summed E-state index contributed by atoms with van der Waals surface area (Å²) in [7, 11) is 1.94. The average molecular weight is 156 g/mol. The van der Waals surface area contributed by atoms with Gasteiger partial charge in [-0.2, -0.15) is 0 Å². The van der Waals surface area contributed by atoms with Crippen LogP contribution in [-0.4, -0.2) is 24.9 Å². The number of likely N-dealkylation sites (N-methyl/N-ethyl adjacent to an activating group) is 1. The van der Waals surface area contributed by atoms with Gasteiger partial charge in [-0.25, -0.2) is 0 Å². The molecule has 0 saturated heterocycles. The van der Waals surface area contributed by atoms with E-state index in [9.17, 15) is 0 Å². The minimum atomic E-state index is -0.0567. The molecule has 0 unspecified atom stereocenters. The molecule has 0 aromatic carbocycles. The molecule has 0 aliphatic carbocycles. The number of hydrogen-bond donors (Lipinski definition) is 1. The van der Waals surface area contributed by atoms with Gasteiger partial charge in [-0.3, -0.25) is 0 Å². The van der Waals surface area contributed by atoms with Crippen LogP contribution in [0.5, 0.6) is 0 Å². The molecule has 1 aliphatic rings. The summed E-state index contributed by atoms with van der Waals surface area (Å²) in [5.74, 6) is 0. The lowest BCUT2D eigenvalue weighted by Gasteiger charge is -2.24. The van der Waals surface area contributed by atoms with Crippen molar-refractivity contribution in [2.75, 3.05) is 13.6 Å². The van der Waals surface area contributed by atoms with Gasteiger partial charge in [-0.1, -0.05) is 12.1 Å². The monoisotopic (exact) mass is 156 g/mol. The lowest BCUT2D eigenvalue weighted by molar-refractivity contribution is -0.0191. The molecule has 1 atom stereocenters. The molecule has 1 aliphatic heterocycles. The minimum absolute atomic E-state index is 0.0567. The highest BCUT2D eigenvalue weighted by Gasteiger charge is 2.34. The van der Waals surface area contributed by atoms with Crippen molar-refractivity contribution in [3.63, 3.8) is 0 Å². The van der Waals surface area contributed by atoms with E-state index in [1.54, 1.807) is 0 Å². The predicted molar refractivity (Wildman–Crippen MR) is 45.8 cm³/mol. The second kappa shape index (κ2) is 3.22. The molecule has 64 valence electrons. The van der Waals surface area contributed by atoms with Crippen LogP contribution in [0.25, 0.3) is 0 Å². The van der Waals surface area contributed by atoms with Gasteiger partial charge in [-0.05, 0) is 20.4 Å². The summed E-state index contributed by atoms with van der Waals surface area (Å²) in [5.41, 5.74) is 1.04. The molecular formula is C8H16N2O. The van der Waals surface area contributed by atoms with E-state index >= 15 is 0 Å². The Morgan fingerprint density at radius 1 is 1.73 bits per heavy atom. The summed E-state index contributed by atoms with van der Waals surface area (Å²) < 4.78 is 0. The van der Waals surface area contributed by atoms with Crippen LogP contribution in [0, 0.1) is 0 Å². The Morgan fingerprint density at radius 2 is 2.45 bits per heavy atom. The highest BCUT2D eigenvalue weighted by molar-refractivity contribution is 5.83. The van der Waals surface area contributed by atoms with Crippen LogP contribution >= 0.6 is 0 Å². The second-order valence-electron chi connectivity index (χ2n) is 3.16. The molecule has 3 nitrogen and oxygen atoms in total. The Kier molecular flexibility index (Phi) is 2.49. The summed E-state index contributed by atoms with van der Waals surface area (Å²) >= 11 is 0. The SMILES string of the molecule is CC[C@]1(CNC)CC(C)=NO1. The van der Waals surface area contributed by atoms with E-state index in [-0.39, 0.29) is 5.60 Å². The Balaban J connectivity index is 2.52. The fraction of sp³-hybridized carbons (Fsp3) is 0.875. The summed E-state index contributed by atoms with van der Waals surface area (Å²) in [6.45, 7) is 5.02. The molecule has 0 fully saturated rings. The van der Waals surface area contributed by atoms with Crippen molar-refractivity contribution in [3.8, 4) is 0 Å². The Morgan fingerprint density at radius 3 is 2.82 bits per heavy atom. The van der Waals surface area contributed by atoms with Gasteiger partial charge in [0.2, 0.25) is 0 Å². The van der Waals surface area contributed by atoms with Crippen molar-refractivity contribution in [2.45, 2.75) is 32.3 Å². The summed E-state index contributed by atoms with van der Waals surface area (Å²) in [6.07, 6.45) is 1.97. The first-order valence-electron chi connectivity index (χ1n) is 4.09. The second-order valence-corrected chi connectivity index (χ2v) is 3.16. The van der Waals surface area contributed by atoms with Crippen LogP contribution in [0.3, 0.4) is 0 Å². The third-order valence-corrected chi connectivity index (χ3v) is 2.12. The van der Waals surface area contributed by atoms with Crippen LogP contribution in [-0.2, 0) is 4.84 Å². The van der Waals surface area contributed by atoms with Crippen molar-refractivity contribution in [1.82, 2.24) is 5.32 Å². The van der Waals surface area contributed by atoms with E-state index in [1.807, 2.05) is 14.0 Å². The van der Waals surface area contributed by atoms with Gasteiger partial charge in [0.05, 0.1) is 5.71 Å². The molecule has 0 aromatic rings. The topological polar surface area (TPSA) is 33.6 Å². The van der Waals surface area contributed by atoms with Gasteiger partial charge in [0, 0.05) is 13.0 Å². The molecular weight excluding hydrogens is 140 g/mol. The van der Waals surface area contributed by atoms with E-state index in [2.05, 4.69) is 17.4 Å². The van der Waals surface area contributed by atoms with Crippen LogP contribution in [0.2, 0.25) is 0 Å². The van der Waals surface area contributed by atoms with Crippen molar-refractivity contribution >= 4 is 5.71 Å². The quantitative estimate of drug-likeness (QED) is 0.665. The predicted octanol–water partition coefficient (Wildman–Crippen LogP) is 1.15. The van der Waals surface area contributed by atoms with E-state index in [4.69, 9.17) is 4.84 Å². The molecule has 0 saturated carbocycles. The molecule has 1 heterocycles. The third-order valence-electron chi connectivity index (χ3n) is 2.12. The zero-order chi connectivity index (χ0) is 8.32. The molecule has 1 N–H and O–H groups in total. The van der Waals surface area contributed by atoms with Crippen LogP contribution in [0.4, 0.5) is 0 Å². The lowest BCUT2D eigenvalue weighted by atomic mass is 9.95. The standard InChI is InChI=1S/C8H16N2O/c1-4-8(6-9-3)5-7(2)10-11-8/h9H,4-6H2,1-3H3/t8-/m1/s1. The van der Waals surface area contributed by atoms with Crippen LogP contribution in [0.15, 0.2) is 5.16 Å². The highest BCUT2D eigenvalue weighted by atomic mass is 16.7. The van der Waals surface area contributed by atoms with E-state index in [1.165, 1.54) is 0 Å². The maximum Gasteiger partial charge on any atom is 0.155 e. The van der Waals surface area contributed by atoms with Gasteiger partial charge in [0.15, 0.2) is 5.60 Å². The van der Waals surface area contributed by atoms with Gasteiger partial charge in [0.25, 0.3) is 0 Å². The number of rotatable bonds is 3. The zero-order valence-corrected chi connectivity index (χ0v) is 7.48. The van der Waals surface area contributed by atoms with Gasteiger partial charge < -0.3 is 10.2 Å². The van der Waals surface area contributed by atoms with Crippen LogP contribution < -0.4 is 5.32 Å². The first-order chi connectivity index (χ1) is 5.22. The molecule has 3 heteroatoms. The summed E-state index contributed by atoms with van der Waals surface area (Å²) in [6, 6.07) is 0. The Bertz CT molecular complexity index is 167. The molecule has 0 spiro atoms. The third kappa shape index (κ3) is 1.71. The fourth-order valence-electron chi connectivity index (χ4n) is 1.44. The Labute approximate surface area is 67.8 Å². The molecule has 11 heavy (non-hydrogen) atoms. The van der Waals surface area contributed by atoms with Crippen molar-refractivity contribution in [2.24, 2.45) is 5.16 Å². The average Bonchev–Trinajstić information content (AvgIpc) is 2.34. The Hall–Kier alpha value is -0.570. The number of nitrogens with one attached hydrogen (secondary N) is 1. The lowest BCUT2D eigenvalue weighted by Crippen LogP contribution is -2.38. The van der Waals surface area contributed by atoms with Gasteiger partial charge in [0.1, 0.15) is 0 Å². The summed E-state index contributed by atoms with van der Waals surface area (Å²) in [4.78, 5) is 5.37. The van der Waals surface area contributed by atoms with Crippen molar-refractivity contribution < 1.29 is 4.84 Å². The van der Waals surface area contributed by atoms with Crippen molar-refractivity contribution in [3.05, 3.63) is 0 Å². The maximum atomic E-state index is 5.37. The molecule has 0 amide bonds. The molecule has 0 bridgehead atoms. The van der Waals surface area contributed by atoms with E-state index in [0.717, 1.165) is 25.1 Å². The molecule has 0 aromatic heterocycles. The smallest absolute Gasteiger partial charge is 0.155 e. The summed E-state index contributed by atoms with van der Waals surface area (Å²) in [5, 5.41) is 7.08. The first-order valence-corrected chi connectivity index (χ1v) is 4.09.